The molecule has 0 aliphatic carbocycles. The van der Waals surface area contributed by atoms with Gasteiger partial charge in [0.25, 0.3) is 5.91 Å². The minimum Gasteiger partial charge on any atom is -0.267 e. The van der Waals surface area contributed by atoms with Crippen molar-refractivity contribution in [2.45, 2.75) is 13.8 Å². The second-order valence-corrected chi connectivity index (χ2v) is 5.05. The molecule has 0 fully saturated rings. The summed E-state index contributed by atoms with van der Waals surface area (Å²) >= 11 is 0. The molecule has 3 rings (SSSR count). The van der Waals surface area contributed by atoms with Crippen LogP contribution in [0.4, 0.5) is 5.69 Å². The maximum atomic E-state index is 12.6. The molecule has 0 aromatic heterocycles. The number of hydrogen-bond donors (Lipinski definition) is 0. The lowest BCUT2D eigenvalue weighted by atomic mass is 10.0. The first kappa shape index (κ1) is 13.3. The zero-order valence-electron chi connectivity index (χ0n) is 12.1. The summed E-state index contributed by atoms with van der Waals surface area (Å²) in [6.45, 7) is 3.90. The molecule has 3 heteroatoms. The first-order valence-corrected chi connectivity index (χ1v) is 6.89. The molecule has 0 atom stereocenters. The van der Waals surface area contributed by atoms with E-state index >= 15 is 0 Å². The van der Waals surface area contributed by atoms with Gasteiger partial charge in [-0.05, 0) is 43.2 Å². The summed E-state index contributed by atoms with van der Waals surface area (Å²) in [6.07, 6.45) is 1.92. The van der Waals surface area contributed by atoms with Crippen LogP contribution in [0.15, 0.2) is 65.3 Å². The summed E-state index contributed by atoms with van der Waals surface area (Å²) < 4.78 is 0. The van der Waals surface area contributed by atoms with Gasteiger partial charge in [0.2, 0.25) is 0 Å². The first-order chi connectivity index (χ1) is 10.2. The Balaban J connectivity index is 1.98. The van der Waals surface area contributed by atoms with E-state index in [0.717, 1.165) is 22.5 Å². The van der Waals surface area contributed by atoms with Crippen LogP contribution in [0.5, 0.6) is 0 Å². The molecule has 0 unspecified atom stereocenters. The number of anilines is 1. The molecular weight excluding hydrogens is 260 g/mol. The van der Waals surface area contributed by atoms with Gasteiger partial charge in [0.1, 0.15) is 0 Å². The van der Waals surface area contributed by atoms with Crippen LogP contribution in [0.3, 0.4) is 0 Å². The molecular formula is C18H16N2O. The molecule has 1 heterocycles. The van der Waals surface area contributed by atoms with Crippen molar-refractivity contribution >= 4 is 23.4 Å². The first-order valence-electron chi connectivity index (χ1n) is 6.89. The Morgan fingerprint density at radius 2 is 1.62 bits per heavy atom. The molecule has 1 aliphatic heterocycles. The summed E-state index contributed by atoms with van der Waals surface area (Å²) in [6, 6.07) is 17.5. The largest absolute Gasteiger partial charge is 0.280 e. The molecule has 21 heavy (non-hydrogen) atoms. The van der Waals surface area contributed by atoms with E-state index in [9.17, 15) is 4.79 Å². The quantitative estimate of drug-likeness (QED) is 0.768. The van der Waals surface area contributed by atoms with Crippen molar-refractivity contribution in [3.63, 3.8) is 0 Å². The van der Waals surface area contributed by atoms with Gasteiger partial charge in [-0.15, -0.1) is 0 Å². The molecule has 0 saturated carbocycles. The lowest BCUT2D eigenvalue weighted by Crippen LogP contribution is -2.21. The topological polar surface area (TPSA) is 32.7 Å². The highest BCUT2D eigenvalue weighted by Gasteiger charge is 2.28. The van der Waals surface area contributed by atoms with Crippen molar-refractivity contribution in [1.29, 1.82) is 0 Å². The molecule has 104 valence electrons. The van der Waals surface area contributed by atoms with Crippen molar-refractivity contribution in [2.24, 2.45) is 5.10 Å². The van der Waals surface area contributed by atoms with Gasteiger partial charge in [-0.3, -0.25) is 4.79 Å². The maximum Gasteiger partial charge on any atom is 0.280 e. The number of rotatable bonds is 2. The van der Waals surface area contributed by atoms with Crippen LogP contribution in [0.25, 0.3) is 6.08 Å². The summed E-state index contributed by atoms with van der Waals surface area (Å²) in [7, 11) is 0. The third kappa shape index (κ3) is 2.50. The van der Waals surface area contributed by atoms with Crippen LogP contribution in [0.2, 0.25) is 0 Å². The van der Waals surface area contributed by atoms with Crippen molar-refractivity contribution in [3.05, 3.63) is 71.3 Å². The number of benzene rings is 2. The number of amides is 1. The minimum absolute atomic E-state index is 0.0815. The molecule has 2 aromatic carbocycles. The van der Waals surface area contributed by atoms with E-state index in [-0.39, 0.29) is 5.91 Å². The highest BCUT2D eigenvalue weighted by molar-refractivity contribution is 6.32. The Labute approximate surface area is 124 Å². The van der Waals surface area contributed by atoms with Crippen molar-refractivity contribution < 1.29 is 4.79 Å². The van der Waals surface area contributed by atoms with E-state index in [4.69, 9.17) is 0 Å². The molecule has 0 radical (unpaired) electrons. The zero-order chi connectivity index (χ0) is 14.8. The van der Waals surface area contributed by atoms with Crippen LogP contribution in [-0.4, -0.2) is 11.6 Å². The Bertz CT molecular complexity index is 745. The van der Waals surface area contributed by atoms with E-state index in [1.807, 2.05) is 74.5 Å². The smallest absolute Gasteiger partial charge is 0.267 e. The summed E-state index contributed by atoms with van der Waals surface area (Å²) in [5, 5.41) is 5.84. The average molecular weight is 276 g/mol. The van der Waals surface area contributed by atoms with Gasteiger partial charge >= 0.3 is 0 Å². The average Bonchev–Trinajstić information content (AvgIpc) is 2.78. The Kier molecular flexibility index (Phi) is 3.40. The van der Waals surface area contributed by atoms with E-state index in [2.05, 4.69) is 5.10 Å². The van der Waals surface area contributed by atoms with Crippen molar-refractivity contribution in [2.75, 3.05) is 5.01 Å². The van der Waals surface area contributed by atoms with Crippen LogP contribution < -0.4 is 5.01 Å². The molecule has 2 aromatic rings. The fourth-order valence-corrected chi connectivity index (χ4v) is 2.33. The van der Waals surface area contributed by atoms with Crippen LogP contribution in [-0.2, 0) is 4.79 Å². The number of hydrazone groups is 1. The van der Waals surface area contributed by atoms with Gasteiger partial charge in [0, 0.05) is 0 Å². The molecule has 0 spiro atoms. The summed E-state index contributed by atoms with van der Waals surface area (Å²) in [5.74, 6) is -0.0815. The van der Waals surface area contributed by atoms with Gasteiger partial charge in [0.15, 0.2) is 0 Å². The van der Waals surface area contributed by atoms with Gasteiger partial charge in [0.05, 0.1) is 17.0 Å². The number of carbonyl (C=O) groups is 1. The molecule has 1 aliphatic rings. The third-order valence-electron chi connectivity index (χ3n) is 3.55. The maximum absolute atomic E-state index is 12.6. The van der Waals surface area contributed by atoms with Gasteiger partial charge in [-0.25, -0.2) is 0 Å². The van der Waals surface area contributed by atoms with Crippen LogP contribution in [0.1, 0.15) is 18.1 Å². The van der Waals surface area contributed by atoms with E-state index in [0.29, 0.717) is 5.57 Å². The van der Waals surface area contributed by atoms with E-state index in [1.165, 1.54) is 5.01 Å². The normalized spacial score (nSPS) is 16.5. The highest BCUT2D eigenvalue weighted by atomic mass is 16.2. The highest BCUT2D eigenvalue weighted by Crippen LogP contribution is 2.25. The number of nitrogens with zero attached hydrogens (tertiary/aromatic N) is 2. The fourth-order valence-electron chi connectivity index (χ4n) is 2.33. The van der Waals surface area contributed by atoms with Gasteiger partial charge in [-0.1, -0.05) is 42.5 Å². The predicted octanol–water partition coefficient (Wildman–Crippen LogP) is 3.80. The second kappa shape index (κ2) is 5.37. The van der Waals surface area contributed by atoms with E-state index in [1.54, 1.807) is 0 Å². The fraction of sp³-hybridized carbons (Fsp3) is 0.111. The number of hydrogen-bond acceptors (Lipinski definition) is 2. The number of carbonyl (C=O) groups excluding carboxylic acids is 1. The monoisotopic (exact) mass is 276 g/mol. The Morgan fingerprint density at radius 1 is 0.952 bits per heavy atom. The standard InChI is InChI=1S/C18H16N2O/c1-13-8-6-7-9-15(13)12-17-14(2)19-20(18(17)21)16-10-4-3-5-11-16/h3-12H,1-2H3/b17-12+. The van der Waals surface area contributed by atoms with Gasteiger partial charge < -0.3 is 0 Å². The van der Waals surface area contributed by atoms with Gasteiger partial charge in [-0.2, -0.15) is 10.1 Å². The third-order valence-corrected chi connectivity index (χ3v) is 3.55. The number of aryl methyl sites for hydroxylation is 1. The number of para-hydroxylation sites is 1. The van der Waals surface area contributed by atoms with Crippen molar-refractivity contribution in [1.82, 2.24) is 0 Å². The molecule has 3 nitrogen and oxygen atoms in total. The molecule has 1 amide bonds. The Hall–Kier alpha value is -2.68. The van der Waals surface area contributed by atoms with E-state index < -0.39 is 0 Å². The molecule has 0 N–H and O–H groups in total. The van der Waals surface area contributed by atoms with Crippen LogP contribution >= 0.6 is 0 Å². The summed E-state index contributed by atoms with van der Waals surface area (Å²) in [4.78, 5) is 12.6. The SMILES string of the molecule is CC1=NN(c2ccccc2)C(=O)/C1=C/c1ccccc1C. The minimum atomic E-state index is -0.0815. The summed E-state index contributed by atoms with van der Waals surface area (Å²) in [5.41, 5.74) is 4.37. The van der Waals surface area contributed by atoms with Crippen molar-refractivity contribution in [3.8, 4) is 0 Å². The van der Waals surface area contributed by atoms with Crippen LogP contribution in [0, 0.1) is 6.92 Å². The lowest BCUT2D eigenvalue weighted by Gasteiger charge is -2.11. The second-order valence-electron chi connectivity index (χ2n) is 5.05. The Morgan fingerprint density at radius 3 is 2.33 bits per heavy atom. The predicted molar refractivity (Wildman–Crippen MR) is 86.2 cm³/mol. The molecule has 0 bridgehead atoms. The lowest BCUT2D eigenvalue weighted by molar-refractivity contribution is -0.114. The molecule has 0 saturated heterocycles. The zero-order valence-corrected chi connectivity index (χ0v) is 12.1.